The monoisotopic (exact) mass is 701 g/mol. The van der Waals surface area contributed by atoms with E-state index in [2.05, 4.69) is 37.5 Å². The molecule has 0 saturated carbocycles. The van der Waals surface area contributed by atoms with Crippen molar-refractivity contribution in [1.82, 2.24) is 9.80 Å². The van der Waals surface area contributed by atoms with E-state index in [1.807, 2.05) is 0 Å². The molecule has 0 heterocycles. The van der Waals surface area contributed by atoms with Gasteiger partial charge in [0.15, 0.2) is 0 Å². The average molecular weight is 701 g/mol. The van der Waals surface area contributed by atoms with E-state index in [4.69, 9.17) is 9.47 Å². The highest BCUT2D eigenvalue weighted by atomic mass is 16.5. The van der Waals surface area contributed by atoms with Gasteiger partial charge in [-0.3, -0.25) is 0 Å². The smallest absolute Gasteiger partial charge is 0.338 e. The number of benzene rings is 1. The van der Waals surface area contributed by atoms with Crippen molar-refractivity contribution in [3.8, 4) is 0 Å². The van der Waals surface area contributed by atoms with Gasteiger partial charge in [0.1, 0.15) is 0 Å². The third-order valence-corrected chi connectivity index (χ3v) is 10.1. The molecule has 0 amide bonds. The number of hydrogen-bond acceptors (Lipinski definition) is 6. The SMILES string of the molecule is CCCCCCCCCCCCCN(CC)CCCOC(=O)c1cccc(C(=O)OCCCN(CC)CCCCCCCCCCCCC)c1. The van der Waals surface area contributed by atoms with Gasteiger partial charge in [0.2, 0.25) is 0 Å². The number of esters is 2. The predicted molar refractivity (Wildman–Crippen MR) is 213 cm³/mol. The van der Waals surface area contributed by atoms with Gasteiger partial charge in [-0.25, -0.2) is 9.59 Å². The van der Waals surface area contributed by atoms with Crippen molar-refractivity contribution in [2.24, 2.45) is 0 Å². The minimum absolute atomic E-state index is 0.381. The van der Waals surface area contributed by atoms with Gasteiger partial charge in [-0.15, -0.1) is 0 Å². The molecule has 50 heavy (non-hydrogen) atoms. The van der Waals surface area contributed by atoms with Crippen LogP contribution < -0.4 is 0 Å². The summed E-state index contributed by atoms with van der Waals surface area (Å²) < 4.78 is 11.1. The summed E-state index contributed by atoms with van der Waals surface area (Å²) in [4.78, 5) is 30.3. The van der Waals surface area contributed by atoms with E-state index in [1.165, 1.54) is 141 Å². The number of carbonyl (C=O) groups excluding carboxylic acids is 2. The molecule has 0 fully saturated rings. The van der Waals surface area contributed by atoms with Crippen LogP contribution in [0, 0.1) is 0 Å². The Morgan fingerprint density at radius 2 is 0.740 bits per heavy atom. The van der Waals surface area contributed by atoms with Gasteiger partial charge in [-0.05, 0) is 70.1 Å². The van der Waals surface area contributed by atoms with Crippen LogP contribution in [0.2, 0.25) is 0 Å². The Labute approximate surface area is 309 Å². The zero-order valence-corrected chi connectivity index (χ0v) is 33.5. The molecule has 0 unspecified atom stereocenters. The zero-order valence-electron chi connectivity index (χ0n) is 33.5. The Hall–Kier alpha value is -1.92. The van der Waals surface area contributed by atoms with Crippen LogP contribution in [0.15, 0.2) is 24.3 Å². The third kappa shape index (κ3) is 25.9. The van der Waals surface area contributed by atoms with E-state index in [-0.39, 0.29) is 11.9 Å². The van der Waals surface area contributed by atoms with E-state index in [0.717, 1.165) is 52.1 Å². The quantitative estimate of drug-likeness (QED) is 0.0513. The maximum Gasteiger partial charge on any atom is 0.338 e. The number of ether oxygens (including phenoxy) is 2. The van der Waals surface area contributed by atoms with Crippen LogP contribution in [0.3, 0.4) is 0 Å². The van der Waals surface area contributed by atoms with E-state index >= 15 is 0 Å². The van der Waals surface area contributed by atoms with Crippen molar-refractivity contribution in [2.75, 3.05) is 52.5 Å². The van der Waals surface area contributed by atoms with Crippen molar-refractivity contribution in [3.05, 3.63) is 35.4 Å². The molecule has 0 saturated heterocycles. The minimum atomic E-state index is -0.381. The summed E-state index contributed by atoms with van der Waals surface area (Å²) in [5.74, 6) is -0.761. The molecule has 290 valence electrons. The molecule has 0 aromatic heterocycles. The van der Waals surface area contributed by atoms with Crippen LogP contribution in [-0.2, 0) is 9.47 Å². The normalized spacial score (nSPS) is 11.5. The van der Waals surface area contributed by atoms with Crippen molar-refractivity contribution in [2.45, 2.75) is 182 Å². The lowest BCUT2D eigenvalue weighted by atomic mass is 10.1. The summed E-state index contributed by atoms with van der Waals surface area (Å²) in [5, 5.41) is 0. The number of nitrogens with zero attached hydrogens (tertiary/aromatic N) is 2. The lowest BCUT2D eigenvalue weighted by Crippen LogP contribution is -2.27. The van der Waals surface area contributed by atoms with Gasteiger partial charge >= 0.3 is 11.9 Å². The van der Waals surface area contributed by atoms with Crippen LogP contribution in [0.4, 0.5) is 0 Å². The second kappa shape index (κ2) is 34.2. The number of unbranched alkanes of at least 4 members (excludes halogenated alkanes) is 20. The van der Waals surface area contributed by atoms with Crippen LogP contribution in [-0.4, -0.2) is 74.2 Å². The van der Waals surface area contributed by atoms with Crippen molar-refractivity contribution in [3.63, 3.8) is 0 Å². The largest absolute Gasteiger partial charge is 0.462 e. The van der Waals surface area contributed by atoms with Gasteiger partial charge < -0.3 is 19.3 Å². The van der Waals surface area contributed by atoms with Crippen molar-refractivity contribution < 1.29 is 19.1 Å². The second-order valence-electron chi connectivity index (χ2n) is 14.5. The fourth-order valence-electron chi connectivity index (χ4n) is 6.70. The standard InChI is InChI=1S/C44H80N2O4/c1-5-9-11-13-15-17-19-21-23-25-27-34-45(7-3)36-30-38-49-43(47)41-32-29-33-42(40-41)44(48)50-39-31-37-46(8-4)35-28-26-24-22-20-18-16-14-12-10-6-2/h29,32-33,40H,5-28,30-31,34-39H2,1-4H3. The Bertz CT molecular complexity index is 854. The molecular weight excluding hydrogens is 620 g/mol. The highest BCUT2D eigenvalue weighted by Gasteiger charge is 2.13. The molecule has 0 atom stereocenters. The third-order valence-electron chi connectivity index (χ3n) is 10.1. The summed E-state index contributed by atoms with van der Waals surface area (Å²) >= 11 is 0. The fourth-order valence-corrected chi connectivity index (χ4v) is 6.70. The first-order chi connectivity index (χ1) is 24.5. The minimum Gasteiger partial charge on any atom is -0.462 e. The van der Waals surface area contributed by atoms with Crippen LogP contribution in [0.25, 0.3) is 0 Å². The maximum atomic E-state index is 12.7. The van der Waals surface area contributed by atoms with Gasteiger partial charge in [0.25, 0.3) is 0 Å². The number of rotatable bonds is 36. The molecule has 6 heteroatoms. The Morgan fingerprint density at radius 1 is 0.440 bits per heavy atom. The van der Waals surface area contributed by atoms with Crippen LogP contribution >= 0.6 is 0 Å². The Balaban J connectivity index is 2.16. The molecule has 0 N–H and O–H groups in total. The topological polar surface area (TPSA) is 59.1 Å². The fraction of sp³-hybridized carbons (Fsp3) is 0.818. The molecule has 0 spiro atoms. The first kappa shape index (κ1) is 46.1. The van der Waals surface area contributed by atoms with Crippen LogP contribution in [0.5, 0.6) is 0 Å². The van der Waals surface area contributed by atoms with E-state index in [0.29, 0.717) is 24.3 Å². The van der Waals surface area contributed by atoms with Gasteiger partial charge in [0, 0.05) is 13.1 Å². The van der Waals surface area contributed by atoms with Gasteiger partial charge in [-0.2, -0.15) is 0 Å². The Kier molecular flexibility index (Phi) is 31.5. The molecule has 0 bridgehead atoms. The molecule has 1 rings (SSSR count). The summed E-state index contributed by atoms with van der Waals surface area (Å²) in [7, 11) is 0. The van der Waals surface area contributed by atoms with Gasteiger partial charge in [-0.1, -0.05) is 162 Å². The molecule has 6 nitrogen and oxygen atoms in total. The van der Waals surface area contributed by atoms with E-state index < -0.39 is 0 Å². The maximum absolute atomic E-state index is 12.7. The number of carbonyl (C=O) groups is 2. The molecule has 0 aliphatic rings. The summed E-state index contributed by atoms with van der Waals surface area (Å²) in [6, 6.07) is 6.74. The molecule has 0 aliphatic carbocycles. The first-order valence-corrected chi connectivity index (χ1v) is 21.4. The van der Waals surface area contributed by atoms with Crippen molar-refractivity contribution in [1.29, 1.82) is 0 Å². The number of hydrogen-bond donors (Lipinski definition) is 0. The highest BCUT2D eigenvalue weighted by molar-refractivity contribution is 5.95. The lowest BCUT2D eigenvalue weighted by molar-refractivity contribution is 0.0487. The first-order valence-electron chi connectivity index (χ1n) is 21.4. The van der Waals surface area contributed by atoms with Crippen LogP contribution in [0.1, 0.15) is 203 Å². The molecule has 1 aromatic carbocycles. The predicted octanol–water partition coefficient (Wildman–Crippen LogP) is 12.0. The molecule has 1 aromatic rings. The molecular formula is C44H80N2O4. The highest BCUT2D eigenvalue weighted by Crippen LogP contribution is 2.14. The van der Waals surface area contributed by atoms with Gasteiger partial charge in [0.05, 0.1) is 24.3 Å². The second-order valence-corrected chi connectivity index (χ2v) is 14.5. The molecule has 0 radical (unpaired) electrons. The van der Waals surface area contributed by atoms with E-state index in [1.54, 1.807) is 24.3 Å². The lowest BCUT2D eigenvalue weighted by Gasteiger charge is -2.20. The van der Waals surface area contributed by atoms with E-state index in [9.17, 15) is 9.59 Å². The summed E-state index contributed by atoms with van der Waals surface area (Å²) in [5.41, 5.74) is 0.800. The average Bonchev–Trinajstić information content (AvgIpc) is 3.14. The Morgan fingerprint density at radius 3 is 1.06 bits per heavy atom. The molecule has 0 aliphatic heterocycles. The summed E-state index contributed by atoms with van der Waals surface area (Å²) in [6.07, 6.45) is 31.6. The zero-order chi connectivity index (χ0) is 36.3. The van der Waals surface area contributed by atoms with Crippen molar-refractivity contribution >= 4 is 11.9 Å². The summed E-state index contributed by atoms with van der Waals surface area (Å²) in [6.45, 7) is 15.9.